The van der Waals surface area contributed by atoms with Gasteiger partial charge in [-0.15, -0.1) is 0 Å². The molecule has 0 aliphatic heterocycles. The van der Waals surface area contributed by atoms with E-state index in [1.165, 1.54) is 6.07 Å². The molecular formula is C13H10BrF2NO2S. The first-order chi connectivity index (χ1) is 9.31. The lowest BCUT2D eigenvalue weighted by Gasteiger charge is -2.12. The van der Waals surface area contributed by atoms with Gasteiger partial charge in [0.25, 0.3) is 10.0 Å². The molecule has 2 aromatic rings. The second kappa shape index (κ2) is 5.49. The Hall–Kier alpha value is -1.47. The molecule has 0 aliphatic rings. The topological polar surface area (TPSA) is 46.2 Å². The fourth-order valence-electron chi connectivity index (χ4n) is 1.64. The van der Waals surface area contributed by atoms with Crippen molar-refractivity contribution >= 4 is 31.6 Å². The van der Waals surface area contributed by atoms with Gasteiger partial charge in [-0.1, -0.05) is 28.1 Å². The Morgan fingerprint density at radius 2 is 1.70 bits per heavy atom. The molecule has 2 aromatic carbocycles. The monoisotopic (exact) mass is 361 g/mol. The van der Waals surface area contributed by atoms with Crippen LogP contribution in [-0.4, -0.2) is 8.42 Å². The molecular weight excluding hydrogens is 352 g/mol. The largest absolute Gasteiger partial charge is 0.279 e. The highest BCUT2D eigenvalue weighted by atomic mass is 79.9. The third-order valence-electron chi connectivity index (χ3n) is 2.63. The maximum atomic E-state index is 13.6. The van der Waals surface area contributed by atoms with Gasteiger partial charge in [0.1, 0.15) is 11.6 Å². The minimum absolute atomic E-state index is 0.252. The molecule has 3 nitrogen and oxygen atoms in total. The van der Waals surface area contributed by atoms with Crippen LogP contribution in [0.25, 0.3) is 0 Å². The van der Waals surface area contributed by atoms with Crippen LogP contribution in [0.5, 0.6) is 0 Å². The van der Waals surface area contributed by atoms with Gasteiger partial charge in [0.15, 0.2) is 4.90 Å². The predicted molar refractivity (Wildman–Crippen MR) is 76.0 cm³/mol. The zero-order valence-corrected chi connectivity index (χ0v) is 12.7. The standard InChI is InChI=1S/C13H10BrF2NO2S/c1-8-5-6-9(14)7-12(8)17-20(18,19)13-10(15)3-2-4-11(13)16/h2-7,17H,1H3. The van der Waals surface area contributed by atoms with Gasteiger partial charge in [0, 0.05) is 4.47 Å². The Kier molecular flexibility index (Phi) is 4.10. The summed E-state index contributed by atoms with van der Waals surface area (Å²) in [7, 11) is -4.33. The molecule has 0 amide bonds. The van der Waals surface area contributed by atoms with Crippen LogP contribution in [0.3, 0.4) is 0 Å². The SMILES string of the molecule is Cc1ccc(Br)cc1NS(=O)(=O)c1c(F)cccc1F. The smallest absolute Gasteiger partial charge is 0.267 e. The minimum atomic E-state index is -4.33. The van der Waals surface area contributed by atoms with Gasteiger partial charge >= 0.3 is 0 Å². The van der Waals surface area contributed by atoms with Crippen molar-refractivity contribution in [3.8, 4) is 0 Å². The van der Waals surface area contributed by atoms with Crippen molar-refractivity contribution in [2.75, 3.05) is 4.72 Å². The molecule has 0 saturated heterocycles. The van der Waals surface area contributed by atoms with Crippen molar-refractivity contribution in [3.05, 3.63) is 58.1 Å². The van der Waals surface area contributed by atoms with E-state index in [2.05, 4.69) is 20.7 Å². The van der Waals surface area contributed by atoms with E-state index >= 15 is 0 Å². The van der Waals surface area contributed by atoms with Crippen LogP contribution in [0, 0.1) is 18.6 Å². The fraction of sp³-hybridized carbons (Fsp3) is 0.0769. The lowest BCUT2D eigenvalue weighted by atomic mass is 10.2. The first-order valence-corrected chi connectivity index (χ1v) is 7.82. The van der Waals surface area contributed by atoms with Crippen molar-refractivity contribution in [3.63, 3.8) is 0 Å². The van der Waals surface area contributed by atoms with Gasteiger partial charge in [0.2, 0.25) is 0 Å². The maximum Gasteiger partial charge on any atom is 0.267 e. The van der Waals surface area contributed by atoms with Crippen molar-refractivity contribution in [2.45, 2.75) is 11.8 Å². The van der Waals surface area contributed by atoms with Crippen LogP contribution < -0.4 is 4.72 Å². The zero-order chi connectivity index (χ0) is 14.9. The Morgan fingerprint density at radius 1 is 1.10 bits per heavy atom. The van der Waals surface area contributed by atoms with Crippen LogP contribution in [0.15, 0.2) is 45.8 Å². The molecule has 0 fully saturated rings. The van der Waals surface area contributed by atoms with Crippen molar-refractivity contribution in [1.29, 1.82) is 0 Å². The van der Waals surface area contributed by atoms with Gasteiger partial charge in [-0.3, -0.25) is 4.72 Å². The number of halogens is 3. The van der Waals surface area contributed by atoms with Crippen LogP contribution in [-0.2, 0) is 10.0 Å². The molecule has 7 heteroatoms. The molecule has 0 spiro atoms. The minimum Gasteiger partial charge on any atom is -0.279 e. The molecule has 106 valence electrons. The average Bonchev–Trinajstić information content (AvgIpc) is 2.33. The summed E-state index contributed by atoms with van der Waals surface area (Å²) in [6.07, 6.45) is 0. The van der Waals surface area contributed by atoms with Gasteiger partial charge < -0.3 is 0 Å². The van der Waals surface area contributed by atoms with Gasteiger partial charge in [0.05, 0.1) is 5.69 Å². The lowest BCUT2D eigenvalue weighted by molar-refractivity contribution is 0.521. The fourth-order valence-corrected chi connectivity index (χ4v) is 3.26. The molecule has 0 unspecified atom stereocenters. The first-order valence-electron chi connectivity index (χ1n) is 5.54. The summed E-state index contributed by atoms with van der Waals surface area (Å²) in [4.78, 5) is -0.987. The molecule has 1 N–H and O–H groups in total. The van der Waals surface area contributed by atoms with Gasteiger partial charge in [-0.25, -0.2) is 17.2 Å². The Labute approximate surface area is 123 Å². The summed E-state index contributed by atoms with van der Waals surface area (Å²) in [5, 5.41) is 0. The van der Waals surface area contributed by atoms with Crippen LogP contribution in [0.4, 0.5) is 14.5 Å². The highest BCUT2D eigenvalue weighted by Crippen LogP contribution is 2.25. The summed E-state index contributed by atoms with van der Waals surface area (Å²) in [5.41, 5.74) is 0.885. The van der Waals surface area contributed by atoms with Crippen LogP contribution in [0.1, 0.15) is 5.56 Å². The number of benzene rings is 2. The average molecular weight is 362 g/mol. The van der Waals surface area contributed by atoms with E-state index in [1.54, 1.807) is 19.1 Å². The molecule has 0 saturated carbocycles. The number of hydrogen-bond acceptors (Lipinski definition) is 2. The highest BCUT2D eigenvalue weighted by molar-refractivity contribution is 9.10. The van der Waals surface area contributed by atoms with Crippen molar-refractivity contribution in [2.24, 2.45) is 0 Å². The summed E-state index contributed by atoms with van der Waals surface area (Å²) < 4.78 is 54.2. The third kappa shape index (κ3) is 2.99. The molecule has 0 radical (unpaired) electrons. The summed E-state index contributed by atoms with van der Waals surface area (Å²) >= 11 is 3.21. The molecule has 0 heterocycles. The predicted octanol–water partition coefficient (Wildman–Crippen LogP) is 3.84. The van der Waals surface area contributed by atoms with E-state index < -0.39 is 26.6 Å². The molecule has 0 bridgehead atoms. The maximum absolute atomic E-state index is 13.6. The molecule has 0 aliphatic carbocycles. The summed E-state index contributed by atoms with van der Waals surface area (Å²) in [6, 6.07) is 7.83. The number of aryl methyl sites for hydroxylation is 1. The number of rotatable bonds is 3. The van der Waals surface area contributed by atoms with Crippen molar-refractivity contribution < 1.29 is 17.2 Å². The molecule has 20 heavy (non-hydrogen) atoms. The van der Waals surface area contributed by atoms with E-state index in [9.17, 15) is 17.2 Å². The quantitative estimate of drug-likeness (QED) is 0.902. The zero-order valence-electron chi connectivity index (χ0n) is 10.3. The number of nitrogens with one attached hydrogen (secondary N) is 1. The van der Waals surface area contributed by atoms with Gasteiger partial charge in [-0.05, 0) is 36.8 Å². The second-order valence-corrected chi connectivity index (χ2v) is 6.65. The number of anilines is 1. The Balaban J connectivity index is 2.49. The van der Waals surface area contributed by atoms with E-state index in [0.717, 1.165) is 18.2 Å². The van der Waals surface area contributed by atoms with E-state index in [1.807, 2.05) is 0 Å². The second-order valence-electron chi connectivity index (χ2n) is 4.12. The summed E-state index contributed by atoms with van der Waals surface area (Å²) in [5.74, 6) is -2.27. The van der Waals surface area contributed by atoms with E-state index in [-0.39, 0.29) is 5.69 Å². The molecule has 2 rings (SSSR count). The normalized spacial score (nSPS) is 11.4. The Bertz CT molecular complexity index is 743. The first kappa shape index (κ1) is 14.9. The number of sulfonamides is 1. The highest BCUT2D eigenvalue weighted by Gasteiger charge is 2.24. The van der Waals surface area contributed by atoms with Crippen LogP contribution in [0.2, 0.25) is 0 Å². The van der Waals surface area contributed by atoms with Crippen LogP contribution >= 0.6 is 15.9 Å². The third-order valence-corrected chi connectivity index (χ3v) is 4.54. The van der Waals surface area contributed by atoms with Crippen molar-refractivity contribution in [1.82, 2.24) is 0 Å². The molecule has 0 atom stereocenters. The number of hydrogen-bond donors (Lipinski definition) is 1. The molecule has 0 aromatic heterocycles. The summed E-state index contributed by atoms with van der Waals surface area (Å²) in [6.45, 7) is 1.68. The van der Waals surface area contributed by atoms with E-state index in [0.29, 0.717) is 10.0 Å². The Morgan fingerprint density at radius 3 is 2.30 bits per heavy atom. The lowest BCUT2D eigenvalue weighted by Crippen LogP contribution is -2.17. The van der Waals surface area contributed by atoms with Gasteiger partial charge in [-0.2, -0.15) is 0 Å². The van der Waals surface area contributed by atoms with E-state index in [4.69, 9.17) is 0 Å².